The minimum atomic E-state index is 0.511. The van der Waals surface area contributed by atoms with Crippen molar-refractivity contribution >= 4 is 40.2 Å². The van der Waals surface area contributed by atoms with E-state index in [1.807, 2.05) is 79.7 Å². The molecule has 1 aromatic heterocycles. The molecule has 0 aliphatic carbocycles. The molecule has 0 bridgehead atoms. The summed E-state index contributed by atoms with van der Waals surface area (Å²) >= 11 is 5.32. The Morgan fingerprint density at radius 3 is 2.12 bits per heavy atom. The number of pyridine rings is 1. The molecule has 4 nitrogen and oxygen atoms in total. The van der Waals surface area contributed by atoms with Crippen LogP contribution in [0.4, 0.5) is 22.9 Å². The second-order valence-electron chi connectivity index (χ2n) is 5.31. The van der Waals surface area contributed by atoms with Crippen LogP contribution in [0.2, 0.25) is 0 Å². The molecule has 24 heavy (non-hydrogen) atoms. The number of benzene rings is 2. The number of aromatic nitrogens is 1. The van der Waals surface area contributed by atoms with Gasteiger partial charge < -0.3 is 16.0 Å². The standard InChI is InChI=1S/C19H18N4S/c1-14-6-5-9-18(20-14)23-19(24)22-17-12-10-16(11-13-17)21-15-7-3-2-4-8-15/h2-13,21H,1H3,(H2,20,22,23,24). The van der Waals surface area contributed by atoms with Crippen molar-refractivity contribution in [2.45, 2.75) is 6.92 Å². The number of aryl methyl sites for hydroxylation is 1. The maximum absolute atomic E-state index is 5.32. The highest BCUT2D eigenvalue weighted by molar-refractivity contribution is 7.80. The predicted molar refractivity (Wildman–Crippen MR) is 105 cm³/mol. The van der Waals surface area contributed by atoms with Gasteiger partial charge in [-0.2, -0.15) is 0 Å². The minimum Gasteiger partial charge on any atom is -0.356 e. The lowest BCUT2D eigenvalue weighted by Crippen LogP contribution is -2.19. The summed E-state index contributed by atoms with van der Waals surface area (Å²) in [5.74, 6) is 0.731. The largest absolute Gasteiger partial charge is 0.356 e. The van der Waals surface area contributed by atoms with Crippen LogP contribution < -0.4 is 16.0 Å². The second-order valence-corrected chi connectivity index (χ2v) is 5.72. The van der Waals surface area contributed by atoms with Crippen LogP contribution in [0.15, 0.2) is 72.8 Å². The molecule has 0 saturated carbocycles. The van der Waals surface area contributed by atoms with E-state index in [2.05, 4.69) is 20.9 Å². The predicted octanol–water partition coefficient (Wildman–Crippen LogP) is 4.94. The number of rotatable bonds is 4. The summed E-state index contributed by atoms with van der Waals surface area (Å²) in [6.07, 6.45) is 0. The van der Waals surface area contributed by atoms with Crippen molar-refractivity contribution in [3.63, 3.8) is 0 Å². The zero-order chi connectivity index (χ0) is 16.8. The fraction of sp³-hybridized carbons (Fsp3) is 0.0526. The maximum Gasteiger partial charge on any atom is 0.176 e. The first-order valence-corrected chi connectivity index (χ1v) is 8.04. The first-order valence-electron chi connectivity index (χ1n) is 7.63. The molecule has 0 amide bonds. The maximum atomic E-state index is 5.32. The molecule has 3 N–H and O–H groups in total. The average molecular weight is 334 g/mol. The van der Waals surface area contributed by atoms with Gasteiger partial charge >= 0.3 is 0 Å². The van der Waals surface area contributed by atoms with Crippen LogP contribution in [-0.4, -0.2) is 10.1 Å². The first-order chi connectivity index (χ1) is 11.7. The molecule has 0 aliphatic heterocycles. The Bertz CT molecular complexity index is 816. The Labute approximate surface area is 147 Å². The quantitative estimate of drug-likeness (QED) is 0.590. The fourth-order valence-corrected chi connectivity index (χ4v) is 2.44. The van der Waals surface area contributed by atoms with Crippen LogP contribution in [0.1, 0.15) is 5.69 Å². The van der Waals surface area contributed by atoms with Crippen LogP contribution in [0.5, 0.6) is 0 Å². The Morgan fingerprint density at radius 1 is 0.750 bits per heavy atom. The third kappa shape index (κ3) is 4.54. The molecule has 0 atom stereocenters. The van der Waals surface area contributed by atoms with Crippen molar-refractivity contribution in [2.24, 2.45) is 0 Å². The van der Waals surface area contributed by atoms with E-state index in [1.165, 1.54) is 0 Å². The van der Waals surface area contributed by atoms with E-state index < -0.39 is 0 Å². The highest BCUT2D eigenvalue weighted by atomic mass is 32.1. The van der Waals surface area contributed by atoms with Gasteiger partial charge in [-0.15, -0.1) is 0 Å². The molecule has 3 rings (SSSR count). The van der Waals surface area contributed by atoms with Crippen molar-refractivity contribution in [1.29, 1.82) is 0 Å². The Kier molecular flexibility index (Phi) is 5.03. The van der Waals surface area contributed by atoms with Gasteiger partial charge in [0, 0.05) is 22.8 Å². The SMILES string of the molecule is Cc1cccc(NC(=S)Nc2ccc(Nc3ccccc3)cc2)n1. The molecule has 0 fully saturated rings. The minimum absolute atomic E-state index is 0.511. The molecule has 0 unspecified atom stereocenters. The molecule has 120 valence electrons. The third-order valence-corrected chi connectivity index (χ3v) is 3.54. The van der Waals surface area contributed by atoms with E-state index in [4.69, 9.17) is 12.2 Å². The van der Waals surface area contributed by atoms with E-state index in [-0.39, 0.29) is 0 Å². The van der Waals surface area contributed by atoms with E-state index >= 15 is 0 Å². The number of anilines is 4. The monoisotopic (exact) mass is 334 g/mol. The molecular formula is C19H18N4S. The fourth-order valence-electron chi connectivity index (χ4n) is 2.22. The molecule has 3 aromatic rings. The van der Waals surface area contributed by atoms with Crippen LogP contribution in [0.3, 0.4) is 0 Å². The van der Waals surface area contributed by atoms with Gasteiger partial charge in [0.25, 0.3) is 0 Å². The van der Waals surface area contributed by atoms with Crippen LogP contribution in [0, 0.1) is 6.92 Å². The summed E-state index contributed by atoms with van der Waals surface area (Å²) in [7, 11) is 0. The van der Waals surface area contributed by atoms with Crippen LogP contribution in [0.25, 0.3) is 0 Å². The summed E-state index contributed by atoms with van der Waals surface area (Å²) in [6, 6.07) is 23.8. The smallest absolute Gasteiger partial charge is 0.176 e. The van der Waals surface area contributed by atoms with Crippen LogP contribution in [-0.2, 0) is 0 Å². The third-order valence-electron chi connectivity index (χ3n) is 3.34. The van der Waals surface area contributed by atoms with Crippen molar-refractivity contribution in [2.75, 3.05) is 16.0 Å². The molecule has 0 radical (unpaired) electrons. The van der Waals surface area contributed by atoms with E-state index in [0.717, 1.165) is 28.6 Å². The molecule has 0 saturated heterocycles. The lowest BCUT2D eigenvalue weighted by atomic mass is 10.2. The van der Waals surface area contributed by atoms with Gasteiger partial charge in [-0.25, -0.2) is 4.98 Å². The lowest BCUT2D eigenvalue weighted by Gasteiger charge is -2.11. The number of nitrogens with zero attached hydrogens (tertiary/aromatic N) is 1. The summed E-state index contributed by atoms with van der Waals surface area (Å²) in [5, 5.41) is 10.1. The van der Waals surface area contributed by atoms with Crippen molar-refractivity contribution < 1.29 is 0 Å². The topological polar surface area (TPSA) is 49.0 Å². The summed E-state index contributed by atoms with van der Waals surface area (Å²) < 4.78 is 0. The number of nitrogens with one attached hydrogen (secondary N) is 3. The van der Waals surface area contributed by atoms with E-state index in [1.54, 1.807) is 0 Å². The van der Waals surface area contributed by atoms with Crippen molar-refractivity contribution in [3.8, 4) is 0 Å². The second kappa shape index (κ2) is 7.57. The summed E-state index contributed by atoms with van der Waals surface area (Å²) in [4.78, 5) is 4.37. The van der Waals surface area contributed by atoms with Gasteiger partial charge in [-0.3, -0.25) is 0 Å². The molecule has 5 heteroatoms. The highest BCUT2D eigenvalue weighted by Crippen LogP contribution is 2.18. The molecular weight excluding hydrogens is 316 g/mol. The normalized spacial score (nSPS) is 10.0. The Balaban J connectivity index is 1.58. The van der Waals surface area contributed by atoms with Gasteiger partial charge in [0.2, 0.25) is 0 Å². The van der Waals surface area contributed by atoms with Gasteiger partial charge in [0.05, 0.1) is 0 Å². The van der Waals surface area contributed by atoms with Crippen LogP contribution >= 0.6 is 12.2 Å². The van der Waals surface area contributed by atoms with Crippen molar-refractivity contribution in [3.05, 3.63) is 78.5 Å². The van der Waals surface area contributed by atoms with E-state index in [9.17, 15) is 0 Å². The molecule has 0 aliphatic rings. The summed E-state index contributed by atoms with van der Waals surface area (Å²) in [6.45, 7) is 1.94. The number of para-hydroxylation sites is 1. The highest BCUT2D eigenvalue weighted by Gasteiger charge is 2.01. The Hall–Kier alpha value is -2.92. The number of thiocarbonyl (C=S) groups is 1. The van der Waals surface area contributed by atoms with Gasteiger partial charge in [0.15, 0.2) is 5.11 Å². The average Bonchev–Trinajstić information content (AvgIpc) is 2.57. The number of hydrogen-bond donors (Lipinski definition) is 3. The summed E-state index contributed by atoms with van der Waals surface area (Å²) in [5.41, 5.74) is 3.94. The Morgan fingerprint density at radius 2 is 1.42 bits per heavy atom. The lowest BCUT2D eigenvalue weighted by molar-refractivity contribution is 1.21. The zero-order valence-electron chi connectivity index (χ0n) is 13.3. The molecule has 0 spiro atoms. The van der Waals surface area contributed by atoms with E-state index in [0.29, 0.717) is 5.11 Å². The van der Waals surface area contributed by atoms with Gasteiger partial charge in [0.1, 0.15) is 5.82 Å². The molecule has 2 aromatic carbocycles. The zero-order valence-corrected chi connectivity index (χ0v) is 14.1. The van der Waals surface area contributed by atoms with Gasteiger partial charge in [-0.1, -0.05) is 24.3 Å². The van der Waals surface area contributed by atoms with Crippen molar-refractivity contribution in [1.82, 2.24) is 4.98 Å². The van der Waals surface area contributed by atoms with Gasteiger partial charge in [-0.05, 0) is 67.7 Å². The molecule has 1 heterocycles. The first kappa shape index (κ1) is 16.0. The number of hydrogen-bond acceptors (Lipinski definition) is 3.